The van der Waals surface area contributed by atoms with Crippen LogP contribution in [0.1, 0.15) is 63.3 Å². The highest BCUT2D eigenvalue weighted by Gasteiger charge is 2.41. The highest BCUT2D eigenvalue weighted by molar-refractivity contribution is 7.90. The number of pyridine rings is 2. The van der Waals surface area contributed by atoms with Gasteiger partial charge in [-0.3, -0.25) is 4.79 Å². The normalized spacial score (nSPS) is 16.1. The Morgan fingerprint density at radius 1 is 1.07 bits per heavy atom. The topological polar surface area (TPSA) is 107 Å². The van der Waals surface area contributed by atoms with Crippen LogP contribution in [0, 0.1) is 18.7 Å². The molecule has 1 aromatic carbocycles. The predicted molar refractivity (Wildman–Crippen MR) is 151 cm³/mol. The minimum absolute atomic E-state index is 0.0216. The Balaban J connectivity index is 1.81. The molecule has 8 nitrogen and oxygen atoms in total. The van der Waals surface area contributed by atoms with E-state index in [9.17, 15) is 17.6 Å². The number of benzene rings is 1. The molecule has 1 N–H and O–H groups in total. The zero-order valence-electron chi connectivity index (χ0n) is 23.7. The summed E-state index contributed by atoms with van der Waals surface area (Å²) in [6, 6.07) is 11.9. The first kappa shape index (κ1) is 29.4. The molecule has 0 fully saturated rings. The monoisotopic (exact) mass is 567 g/mol. The highest BCUT2D eigenvalue weighted by atomic mass is 32.2. The minimum atomic E-state index is -4.26. The third kappa shape index (κ3) is 6.56. The minimum Gasteiger partial charge on any atom is -0.493 e. The molecule has 0 radical (unpaired) electrons. The van der Waals surface area contributed by atoms with Crippen molar-refractivity contribution in [2.75, 3.05) is 6.61 Å². The van der Waals surface area contributed by atoms with Gasteiger partial charge < -0.3 is 9.47 Å². The molecule has 3 heterocycles. The summed E-state index contributed by atoms with van der Waals surface area (Å²) in [5.74, 6) is -0.766. The lowest BCUT2D eigenvalue weighted by molar-refractivity contribution is -0.0444. The van der Waals surface area contributed by atoms with Crippen LogP contribution in [0.25, 0.3) is 16.8 Å². The van der Waals surface area contributed by atoms with Crippen molar-refractivity contribution in [2.45, 2.75) is 64.7 Å². The Kier molecular flexibility index (Phi) is 7.88. The summed E-state index contributed by atoms with van der Waals surface area (Å²) in [7, 11) is -4.26. The summed E-state index contributed by atoms with van der Waals surface area (Å²) in [6.45, 7) is 13.5. The van der Waals surface area contributed by atoms with E-state index in [-0.39, 0.29) is 22.2 Å². The van der Waals surface area contributed by atoms with E-state index in [1.54, 1.807) is 31.2 Å². The third-order valence-corrected chi connectivity index (χ3v) is 7.40. The van der Waals surface area contributed by atoms with E-state index in [4.69, 9.17) is 14.5 Å². The highest BCUT2D eigenvalue weighted by Crippen LogP contribution is 2.43. The number of halogens is 1. The van der Waals surface area contributed by atoms with E-state index in [0.29, 0.717) is 34.9 Å². The van der Waals surface area contributed by atoms with Crippen LogP contribution in [0.2, 0.25) is 0 Å². The first-order valence-corrected chi connectivity index (χ1v) is 14.4. The molecule has 0 spiro atoms. The number of sulfonamides is 1. The second kappa shape index (κ2) is 10.7. The summed E-state index contributed by atoms with van der Waals surface area (Å²) < 4.78 is 54.6. The summed E-state index contributed by atoms with van der Waals surface area (Å²) >= 11 is 0. The smallest absolute Gasteiger partial charge is 0.281 e. The maximum atomic E-state index is 14.6. The molecular formula is C30H34FN3O5S. The van der Waals surface area contributed by atoms with Crippen molar-refractivity contribution in [3.05, 3.63) is 77.4 Å². The van der Waals surface area contributed by atoms with Gasteiger partial charge in [-0.2, -0.15) is 8.42 Å². The van der Waals surface area contributed by atoms with Gasteiger partial charge in [0.15, 0.2) is 5.03 Å². The van der Waals surface area contributed by atoms with Crippen LogP contribution in [0.15, 0.2) is 59.6 Å². The standard InChI is InChI=1S/C30H34FN3O5S/c1-18(2)17-38-22-14-20(13-21(31)15-22)25-12-11-23(27(33-25)24-16-29(4,5)39-30(24,6)7)28(35)34-40(36,37)26-10-8-9-19(3)32-26/h8-16,18H,17H2,1-7H3,(H,34,35). The van der Waals surface area contributed by atoms with Gasteiger partial charge in [0.25, 0.3) is 15.9 Å². The van der Waals surface area contributed by atoms with Gasteiger partial charge in [0.2, 0.25) is 0 Å². The molecule has 40 heavy (non-hydrogen) atoms. The van der Waals surface area contributed by atoms with Crippen LogP contribution in [0.5, 0.6) is 5.75 Å². The fraction of sp³-hybridized carbons (Fsp3) is 0.367. The number of nitrogens with zero attached hydrogens (tertiary/aromatic N) is 2. The first-order valence-electron chi connectivity index (χ1n) is 13.0. The number of rotatable bonds is 8. The molecule has 0 atom stereocenters. The maximum Gasteiger partial charge on any atom is 0.281 e. The number of carbonyl (C=O) groups is 1. The molecular weight excluding hydrogens is 533 g/mol. The van der Waals surface area contributed by atoms with E-state index in [1.165, 1.54) is 24.3 Å². The number of hydrogen-bond donors (Lipinski definition) is 1. The molecule has 1 aliphatic heterocycles. The Bertz CT molecular complexity index is 1600. The van der Waals surface area contributed by atoms with Crippen molar-refractivity contribution in [1.82, 2.24) is 14.7 Å². The molecule has 0 saturated heterocycles. The number of aryl methyl sites for hydroxylation is 1. The summed E-state index contributed by atoms with van der Waals surface area (Å²) in [4.78, 5) is 22.3. The quantitative estimate of drug-likeness (QED) is 0.371. The largest absolute Gasteiger partial charge is 0.493 e. The van der Waals surface area contributed by atoms with E-state index in [1.807, 2.05) is 47.6 Å². The summed E-state index contributed by atoms with van der Waals surface area (Å²) in [5.41, 5.74) is 0.646. The number of aromatic nitrogens is 2. The Labute approximate surface area is 234 Å². The zero-order valence-corrected chi connectivity index (χ0v) is 24.5. The zero-order chi connectivity index (χ0) is 29.5. The molecule has 3 aromatic rings. The molecule has 0 unspecified atom stereocenters. The van der Waals surface area contributed by atoms with Crippen LogP contribution in [0.4, 0.5) is 4.39 Å². The number of ether oxygens (including phenoxy) is 2. The van der Waals surface area contributed by atoms with E-state index < -0.39 is 32.9 Å². The molecule has 4 rings (SSSR count). The second-order valence-corrected chi connectivity index (χ2v) is 12.9. The number of carbonyl (C=O) groups excluding carboxylic acids is 1. The molecule has 1 aliphatic rings. The lowest BCUT2D eigenvalue weighted by atomic mass is 9.91. The van der Waals surface area contributed by atoms with Crippen molar-refractivity contribution >= 4 is 21.5 Å². The van der Waals surface area contributed by atoms with Crippen molar-refractivity contribution in [1.29, 1.82) is 0 Å². The van der Waals surface area contributed by atoms with Gasteiger partial charge in [-0.25, -0.2) is 19.1 Å². The molecule has 0 saturated carbocycles. The fourth-order valence-electron chi connectivity index (χ4n) is 4.58. The van der Waals surface area contributed by atoms with Gasteiger partial charge in [0.1, 0.15) is 11.6 Å². The average Bonchev–Trinajstić information content (AvgIpc) is 3.08. The van der Waals surface area contributed by atoms with Gasteiger partial charge in [0.05, 0.1) is 34.8 Å². The Morgan fingerprint density at radius 2 is 1.80 bits per heavy atom. The molecule has 10 heteroatoms. The third-order valence-electron chi connectivity index (χ3n) is 6.17. The van der Waals surface area contributed by atoms with Crippen LogP contribution < -0.4 is 9.46 Å². The number of amides is 1. The lowest BCUT2D eigenvalue weighted by Crippen LogP contribution is -2.33. The van der Waals surface area contributed by atoms with Gasteiger partial charge in [-0.15, -0.1) is 0 Å². The molecule has 1 amide bonds. The van der Waals surface area contributed by atoms with Crippen LogP contribution in [0.3, 0.4) is 0 Å². The summed E-state index contributed by atoms with van der Waals surface area (Å²) in [6.07, 6.45) is 1.86. The molecule has 2 aromatic heterocycles. The number of hydrogen-bond acceptors (Lipinski definition) is 7. The average molecular weight is 568 g/mol. The molecule has 212 valence electrons. The van der Waals surface area contributed by atoms with Crippen molar-refractivity contribution < 1.29 is 27.1 Å². The first-order chi connectivity index (χ1) is 18.6. The Hall–Kier alpha value is -3.63. The number of nitrogens with one attached hydrogen (secondary N) is 1. The summed E-state index contributed by atoms with van der Waals surface area (Å²) in [5, 5.41) is -0.273. The van der Waals surface area contributed by atoms with Crippen molar-refractivity contribution in [3.8, 4) is 17.0 Å². The molecule has 0 bridgehead atoms. The van der Waals surface area contributed by atoms with E-state index >= 15 is 0 Å². The van der Waals surface area contributed by atoms with Gasteiger partial charge in [0, 0.05) is 22.9 Å². The van der Waals surface area contributed by atoms with Gasteiger partial charge >= 0.3 is 0 Å². The van der Waals surface area contributed by atoms with Gasteiger partial charge in [-0.1, -0.05) is 19.9 Å². The second-order valence-electron chi connectivity index (χ2n) is 11.3. The fourth-order valence-corrected chi connectivity index (χ4v) is 5.56. The van der Waals surface area contributed by atoms with Crippen molar-refractivity contribution in [2.24, 2.45) is 5.92 Å². The SMILES string of the molecule is Cc1cccc(S(=O)(=O)NC(=O)c2ccc(-c3cc(F)cc(OCC(C)C)c3)nc2C2=CC(C)(C)OC2(C)C)n1. The van der Waals surface area contributed by atoms with Crippen molar-refractivity contribution in [3.63, 3.8) is 0 Å². The van der Waals surface area contributed by atoms with Crippen LogP contribution >= 0.6 is 0 Å². The van der Waals surface area contributed by atoms with Crippen LogP contribution in [-0.4, -0.2) is 42.1 Å². The van der Waals surface area contributed by atoms with E-state index in [0.717, 1.165) is 0 Å². The van der Waals surface area contributed by atoms with E-state index in [2.05, 4.69) is 9.71 Å². The lowest BCUT2D eigenvalue weighted by Gasteiger charge is -2.27. The maximum absolute atomic E-state index is 14.6. The molecule has 0 aliphatic carbocycles. The Morgan fingerprint density at radius 3 is 2.42 bits per heavy atom. The van der Waals surface area contributed by atoms with Gasteiger partial charge in [-0.05, 0) is 83.0 Å². The van der Waals surface area contributed by atoms with Crippen LogP contribution in [-0.2, 0) is 14.8 Å². The predicted octanol–water partition coefficient (Wildman–Crippen LogP) is 5.72.